The number of nitrogens with zero attached hydrogens (tertiary/aromatic N) is 1. The molecule has 0 N–H and O–H groups in total. The van der Waals surface area contributed by atoms with Gasteiger partial charge in [-0.25, -0.2) is 8.42 Å². The molecule has 0 heterocycles. The maximum Gasteiger partial charge on any atom is 0.246 e. The molecule has 25 heavy (non-hydrogen) atoms. The van der Waals surface area contributed by atoms with Crippen molar-refractivity contribution in [1.29, 1.82) is 0 Å². The molecule has 0 aliphatic carbocycles. The number of hydrogen-bond acceptors (Lipinski definition) is 3. The molecule has 2 aromatic carbocycles. The van der Waals surface area contributed by atoms with Crippen LogP contribution in [0.15, 0.2) is 59.5 Å². The van der Waals surface area contributed by atoms with Crippen LogP contribution in [-0.2, 0) is 14.6 Å². The molecule has 0 aliphatic rings. The fourth-order valence-corrected chi connectivity index (χ4v) is 3.13. The molecule has 2 rings (SSSR count). The van der Waals surface area contributed by atoms with Crippen molar-refractivity contribution in [2.45, 2.75) is 17.9 Å². The second kappa shape index (κ2) is 7.85. The first kappa shape index (κ1) is 19.2. The van der Waals surface area contributed by atoms with Gasteiger partial charge in [-0.3, -0.25) is 4.79 Å². The highest BCUT2D eigenvalue weighted by molar-refractivity contribution is 7.90. The van der Waals surface area contributed by atoms with E-state index in [0.717, 1.165) is 11.1 Å². The van der Waals surface area contributed by atoms with E-state index in [1.165, 1.54) is 12.3 Å². The molecular weight excluding hydrogens is 358 g/mol. The average Bonchev–Trinajstić information content (AvgIpc) is 2.58. The normalized spacial score (nSPS) is 13.0. The number of halogens is 1. The number of carbonyl (C=O) groups excluding carboxylic acids is 1. The Labute approximate surface area is 153 Å². The van der Waals surface area contributed by atoms with Gasteiger partial charge in [-0.05, 0) is 48.4 Å². The van der Waals surface area contributed by atoms with E-state index in [0.29, 0.717) is 5.02 Å². The third-order valence-electron chi connectivity index (χ3n) is 3.99. The molecule has 0 saturated carbocycles. The van der Waals surface area contributed by atoms with Gasteiger partial charge in [-0.2, -0.15) is 0 Å². The van der Waals surface area contributed by atoms with Crippen molar-refractivity contribution in [1.82, 2.24) is 4.90 Å². The quantitative estimate of drug-likeness (QED) is 0.740. The van der Waals surface area contributed by atoms with Crippen LogP contribution in [0, 0.1) is 0 Å². The van der Waals surface area contributed by atoms with Gasteiger partial charge in [0.05, 0.1) is 10.9 Å². The number of likely N-dealkylation sites (N-methyl/N-ethyl adjacent to an activating group) is 1. The fourth-order valence-electron chi connectivity index (χ4n) is 2.30. The first-order chi connectivity index (χ1) is 11.7. The van der Waals surface area contributed by atoms with Crippen molar-refractivity contribution >= 4 is 33.4 Å². The molecule has 0 radical (unpaired) electrons. The summed E-state index contributed by atoms with van der Waals surface area (Å²) in [5.41, 5.74) is 1.71. The van der Waals surface area contributed by atoms with Gasteiger partial charge >= 0.3 is 0 Å². The van der Waals surface area contributed by atoms with Crippen LogP contribution >= 0.6 is 11.6 Å². The molecule has 6 heteroatoms. The van der Waals surface area contributed by atoms with Crippen LogP contribution in [0.25, 0.3) is 6.08 Å². The lowest BCUT2D eigenvalue weighted by atomic mass is 10.1. The molecule has 2 aromatic rings. The zero-order chi connectivity index (χ0) is 18.6. The maximum absolute atomic E-state index is 12.4. The standard InChI is InChI=1S/C19H20ClNO3S/c1-14(16-8-10-18(11-9-16)25(3,23)24)21(2)19(22)12-7-15-5-4-6-17(20)13-15/h4-14H,1-3H3. The van der Waals surface area contributed by atoms with Crippen LogP contribution in [-0.4, -0.2) is 32.5 Å². The topological polar surface area (TPSA) is 54.5 Å². The zero-order valence-electron chi connectivity index (χ0n) is 14.3. The Morgan fingerprint density at radius 3 is 2.36 bits per heavy atom. The van der Waals surface area contributed by atoms with Gasteiger partial charge in [-0.1, -0.05) is 35.9 Å². The summed E-state index contributed by atoms with van der Waals surface area (Å²) >= 11 is 5.93. The fraction of sp³-hybridized carbons (Fsp3) is 0.211. The Kier molecular flexibility index (Phi) is 6.03. The Morgan fingerprint density at radius 2 is 1.80 bits per heavy atom. The van der Waals surface area contributed by atoms with Crippen molar-refractivity contribution in [3.8, 4) is 0 Å². The molecule has 0 saturated heterocycles. The highest BCUT2D eigenvalue weighted by Crippen LogP contribution is 2.21. The van der Waals surface area contributed by atoms with Crippen molar-refractivity contribution in [2.24, 2.45) is 0 Å². The van der Waals surface area contributed by atoms with Crippen LogP contribution < -0.4 is 0 Å². The highest BCUT2D eigenvalue weighted by Gasteiger charge is 2.16. The summed E-state index contributed by atoms with van der Waals surface area (Å²) in [6.07, 6.45) is 4.37. The van der Waals surface area contributed by atoms with E-state index in [4.69, 9.17) is 11.6 Å². The molecule has 132 valence electrons. The summed E-state index contributed by atoms with van der Waals surface area (Å²) in [4.78, 5) is 14.2. The molecule has 1 atom stereocenters. The van der Waals surface area contributed by atoms with Crippen molar-refractivity contribution in [3.05, 3.63) is 70.8 Å². The number of carbonyl (C=O) groups is 1. The Hall–Kier alpha value is -2.11. The lowest BCUT2D eigenvalue weighted by Gasteiger charge is -2.24. The van der Waals surface area contributed by atoms with Crippen LogP contribution in [0.3, 0.4) is 0 Å². The summed E-state index contributed by atoms with van der Waals surface area (Å²) in [5.74, 6) is -0.153. The van der Waals surface area contributed by atoms with Gasteiger partial charge in [0.2, 0.25) is 5.91 Å². The van der Waals surface area contributed by atoms with E-state index in [1.54, 1.807) is 54.4 Å². The number of rotatable bonds is 5. The van der Waals surface area contributed by atoms with Crippen molar-refractivity contribution in [3.63, 3.8) is 0 Å². The van der Waals surface area contributed by atoms with E-state index >= 15 is 0 Å². The van der Waals surface area contributed by atoms with E-state index in [1.807, 2.05) is 19.1 Å². The second-order valence-corrected chi connectivity index (χ2v) is 8.31. The van der Waals surface area contributed by atoms with Crippen LogP contribution in [0.4, 0.5) is 0 Å². The van der Waals surface area contributed by atoms with Crippen molar-refractivity contribution in [2.75, 3.05) is 13.3 Å². The minimum absolute atomic E-state index is 0.153. The maximum atomic E-state index is 12.4. The lowest BCUT2D eigenvalue weighted by Crippen LogP contribution is -2.28. The molecule has 0 fully saturated rings. The molecule has 0 spiro atoms. The first-order valence-corrected chi connectivity index (χ1v) is 9.96. The monoisotopic (exact) mass is 377 g/mol. The Bertz CT molecular complexity index is 889. The second-order valence-electron chi connectivity index (χ2n) is 5.85. The zero-order valence-corrected chi connectivity index (χ0v) is 15.9. The van der Waals surface area contributed by atoms with Crippen LogP contribution in [0.5, 0.6) is 0 Å². The first-order valence-electron chi connectivity index (χ1n) is 7.69. The van der Waals surface area contributed by atoms with Crippen LogP contribution in [0.1, 0.15) is 24.1 Å². The Balaban J connectivity index is 2.10. The third-order valence-corrected chi connectivity index (χ3v) is 5.35. The highest BCUT2D eigenvalue weighted by atomic mass is 35.5. The summed E-state index contributed by atoms with van der Waals surface area (Å²) < 4.78 is 23.0. The molecule has 0 aliphatic heterocycles. The van der Waals surface area contributed by atoms with Gasteiger partial charge in [0.1, 0.15) is 0 Å². The summed E-state index contributed by atoms with van der Waals surface area (Å²) in [7, 11) is -1.52. The summed E-state index contributed by atoms with van der Waals surface area (Å²) in [6.45, 7) is 1.89. The molecular formula is C19H20ClNO3S. The lowest BCUT2D eigenvalue weighted by molar-refractivity contribution is -0.126. The van der Waals surface area contributed by atoms with E-state index in [2.05, 4.69) is 0 Å². The number of amides is 1. The molecule has 0 aromatic heterocycles. The van der Waals surface area contributed by atoms with Crippen LogP contribution in [0.2, 0.25) is 5.02 Å². The van der Waals surface area contributed by atoms with Gasteiger partial charge in [0.15, 0.2) is 9.84 Å². The minimum atomic E-state index is -3.23. The number of hydrogen-bond donors (Lipinski definition) is 0. The molecule has 0 bridgehead atoms. The van der Waals surface area contributed by atoms with E-state index < -0.39 is 9.84 Å². The third kappa shape index (κ3) is 5.18. The number of sulfone groups is 1. The molecule has 1 amide bonds. The number of benzene rings is 2. The largest absolute Gasteiger partial charge is 0.335 e. The Morgan fingerprint density at radius 1 is 1.16 bits per heavy atom. The molecule has 1 unspecified atom stereocenters. The van der Waals surface area contributed by atoms with E-state index in [-0.39, 0.29) is 16.8 Å². The summed E-state index contributed by atoms with van der Waals surface area (Å²) in [5, 5.41) is 0.613. The average molecular weight is 378 g/mol. The van der Waals surface area contributed by atoms with E-state index in [9.17, 15) is 13.2 Å². The minimum Gasteiger partial charge on any atom is -0.335 e. The predicted octanol–water partition coefficient (Wildman–Crippen LogP) is 3.98. The predicted molar refractivity (Wildman–Crippen MR) is 101 cm³/mol. The van der Waals surface area contributed by atoms with Gasteiger partial charge in [0.25, 0.3) is 0 Å². The van der Waals surface area contributed by atoms with Gasteiger partial charge in [0, 0.05) is 24.4 Å². The molecule has 4 nitrogen and oxygen atoms in total. The smallest absolute Gasteiger partial charge is 0.246 e. The summed E-state index contributed by atoms with van der Waals surface area (Å²) in [6, 6.07) is 13.6. The van der Waals surface area contributed by atoms with Gasteiger partial charge < -0.3 is 4.90 Å². The van der Waals surface area contributed by atoms with Crippen molar-refractivity contribution < 1.29 is 13.2 Å². The SMILES string of the molecule is CC(c1ccc(S(C)(=O)=O)cc1)N(C)C(=O)C=Cc1cccc(Cl)c1. The van der Waals surface area contributed by atoms with Gasteiger partial charge in [-0.15, -0.1) is 0 Å².